The Hall–Kier alpha value is -3.13. The number of carbonyl (C=O) groups is 2. The average molecular weight is 430 g/mol. The van der Waals surface area contributed by atoms with Crippen molar-refractivity contribution in [2.75, 3.05) is 33.9 Å². The maximum atomic E-state index is 14.2. The molecule has 1 unspecified atom stereocenters. The van der Waals surface area contributed by atoms with Crippen molar-refractivity contribution in [1.82, 2.24) is 10.2 Å². The molecule has 0 spiro atoms. The van der Waals surface area contributed by atoms with Crippen LogP contribution in [0.3, 0.4) is 0 Å². The SMILES string of the molecule is COc1ccc(C(=O)N(CC(=O)NCC2CCCO2)Cc2ccccc2F)cc1OC. The standard InChI is InChI=1S/C23H27FN2O5/c1-29-20-10-9-16(12-21(20)30-2)23(28)26(14-17-6-3-4-8-19(17)24)15-22(27)25-13-18-7-5-11-31-18/h3-4,6,8-10,12,18H,5,7,11,13-15H2,1-2H3,(H,25,27). The second-order valence-corrected chi connectivity index (χ2v) is 7.26. The van der Waals surface area contributed by atoms with E-state index in [9.17, 15) is 14.0 Å². The molecule has 1 aliphatic heterocycles. The van der Waals surface area contributed by atoms with Gasteiger partial charge in [-0.25, -0.2) is 4.39 Å². The summed E-state index contributed by atoms with van der Waals surface area (Å²) >= 11 is 0. The van der Waals surface area contributed by atoms with Gasteiger partial charge in [0, 0.05) is 30.8 Å². The average Bonchev–Trinajstić information content (AvgIpc) is 3.31. The van der Waals surface area contributed by atoms with Gasteiger partial charge in [0.05, 0.1) is 20.3 Å². The van der Waals surface area contributed by atoms with Crippen molar-refractivity contribution in [3.05, 3.63) is 59.4 Å². The van der Waals surface area contributed by atoms with Crippen molar-refractivity contribution in [3.8, 4) is 11.5 Å². The molecule has 1 heterocycles. The summed E-state index contributed by atoms with van der Waals surface area (Å²) < 4.78 is 30.2. The monoisotopic (exact) mass is 430 g/mol. The first-order chi connectivity index (χ1) is 15.0. The van der Waals surface area contributed by atoms with Crippen LogP contribution in [0.2, 0.25) is 0 Å². The summed E-state index contributed by atoms with van der Waals surface area (Å²) in [7, 11) is 2.98. The second-order valence-electron chi connectivity index (χ2n) is 7.26. The van der Waals surface area contributed by atoms with Crippen LogP contribution in [0.15, 0.2) is 42.5 Å². The lowest BCUT2D eigenvalue weighted by Gasteiger charge is -2.23. The van der Waals surface area contributed by atoms with E-state index in [4.69, 9.17) is 14.2 Å². The van der Waals surface area contributed by atoms with Gasteiger partial charge >= 0.3 is 0 Å². The van der Waals surface area contributed by atoms with Crippen LogP contribution in [-0.4, -0.2) is 56.7 Å². The molecule has 3 rings (SSSR count). The Morgan fingerprint density at radius 2 is 1.94 bits per heavy atom. The highest BCUT2D eigenvalue weighted by Crippen LogP contribution is 2.28. The van der Waals surface area contributed by atoms with E-state index in [0.717, 1.165) is 12.8 Å². The van der Waals surface area contributed by atoms with Gasteiger partial charge in [-0.15, -0.1) is 0 Å². The topological polar surface area (TPSA) is 77.1 Å². The van der Waals surface area contributed by atoms with Crippen LogP contribution in [0, 0.1) is 5.82 Å². The van der Waals surface area contributed by atoms with Crippen LogP contribution in [0.25, 0.3) is 0 Å². The molecule has 2 aromatic carbocycles. The lowest BCUT2D eigenvalue weighted by Crippen LogP contribution is -2.42. The Balaban J connectivity index is 1.78. The first-order valence-electron chi connectivity index (χ1n) is 10.1. The van der Waals surface area contributed by atoms with E-state index in [1.807, 2.05) is 0 Å². The largest absolute Gasteiger partial charge is 0.493 e. The van der Waals surface area contributed by atoms with Crippen molar-refractivity contribution in [3.63, 3.8) is 0 Å². The molecule has 2 amide bonds. The number of ether oxygens (including phenoxy) is 3. The van der Waals surface area contributed by atoms with E-state index >= 15 is 0 Å². The third-order valence-corrected chi connectivity index (χ3v) is 5.12. The van der Waals surface area contributed by atoms with Gasteiger partial charge in [-0.05, 0) is 37.1 Å². The second kappa shape index (κ2) is 10.8. The Bertz CT molecular complexity index is 915. The number of hydrogen-bond acceptors (Lipinski definition) is 5. The molecule has 2 aromatic rings. The van der Waals surface area contributed by atoms with Gasteiger partial charge in [0.15, 0.2) is 11.5 Å². The quantitative estimate of drug-likeness (QED) is 0.662. The molecule has 1 saturated heterocycles. The summed E-state index contributed by atoms with van der Waals surface area (Å²) in [6.45, 7) is 0.816. The van der Waals surface area contributed by atoms with Crippen molar-refractivity contribution in [2.24, 2.45) is 0 Å². The molecule has 8 heteroatoms. The molecule has 1 fully saturated rings. The summed E-state index contributed by atoms with van der Waals surface area (Å²) in [6, 6.07) is 10.9. The Labute approximate surface area is 181 Å². The minimum Gasteiger partial charge on any atom is -0.493 e. The molecule has 1 aliphatic rings. The molecule has 31 heavy (non-hydrogen) atoms. The Kier molecular flexibility index (Phi) is 7.83. The predicted octanol–water partition coefficient (Wildman–Crippen LogP) is 2.78. The number of halogens is 1. The van der Waals surface area contributed by atoms with Gasteiger partial charge in [0.2, 0.25) is 5.91 Å². The molecule has 1 atom stereocenters. The third-order valence-electron chi connectivity index (χ3n) is 5.12. The van der Waals surface area contributed by atoms with Crippen LogP contribution in [0.1, 0.15) is 28.8 Å². The van der Waals surface area contributed by atoms with E-state index in [-0.39, 0.29) is 25.1 Å². The molecule has 166 valence electrons. The highest BCUT2D eigenvalue weighted by Gasteiger charge is 2.23. The minimum absolute atomic E-state index is 0.00878. The van der Waals surface area contributed by atoms with Crippen LogP contribution in [0.5, 0.6) is 11.5 Å². The number of nitrogens with one attached hydrogen (secondary N) is 1. The fourth-order valence-electron chi connectivity index (χ4n) is 3.45. The summed E-state index contributed by atoms with van der Waals surface area (Å²) in [5, 5.41) is 2.81. The minimum atomic E-state index is -0.438. The molecule has 0 aliphatic carbocycles. The molecule has 0 saturated carbocycles. The number of benzene rings is 2. The first-order valence-corrected chi connectivity index (χ1v) is 10.1. The summed E-state index contributed by atoms with van der Waals surface area (Å²) in [5.74, 6) is -0.319. The molecule has 7 nitrogen and oxygen atoms in total. The van der Waals surface area contributed by atoms with E-state index in [1.165, 1.54) is 25.2 Å². The van der Waals surface area contributed by atoms with E-state index < -0.39 is 11.7 Å². The van der Waals surface area contributed by atoms with Crippen LogP contribution in [0.4, 0.5) is 4.39 Å². The molecule has 0 aromatic heterocycles. The van der Waals surface area contributed by atoms with Crippen molar-refractivity contribution < 1.29 is 28.2 Å². The third kappa shape index (κ3) is 5.95. The Morgan fingerprint density at radius 3 is 2.61 bits per heavy atom. The summed E-state index contributed by atoms with van der Waals surface area (Å²) in [5.41, 5.74) is 0.629. The molecule has 0 radical (unpaired) electrons. The van der Waals surface area contributed by atoms with Crippen molar-refractivity contribution >= 4 is 11.8 Å². The maximum absolute atomic E-state index is 14.2. The lowest BCUT2D eigenvalue weighted by molar-refractivity contribution is -0.122. The number of hydrogen-bond donors (Lipinski definition) is 1. The van der Waals surface area contributed by atoms with Gasteiger partial charge in [0.1, 0.15) is 12.4 Å². The zero-order valence-corrected chi connectivity index (χ0v) is 17.7. The van der Waals surface area contributed by atoms with Gasteiger partial charge < -0.3 is 24.4 Å². The smallest absolute Gasteiger partial charge is 0.254 e. The summed E-state index contributed by atoms with van der Waals surface area (Å²) in [4.78, 5) is 27.1. The predicted molar refractivity (Wildman–Crippen MR) is 113 cm³/mol. The van der Waals surface area contributed by atoms with Crippen molar-refractivity contribution in [2.45, 2.75) is 25.5 Å². The molecular formula is C23H27FN2O5. The number of carbonyl (C=O) groups excluding carboxylic acids is 2. The van der Waals surface area contributed by atoms with Gasteiger partial charge in [-0.3, -0.25) is 9.59 Å². The van der Waals surface area contributed by atoms with Gasteiger partial charge in [-0.2, -0.15) is 0 Å². The molecule has 1 N–H and O–H groups in total. The van der Waals surface area contributed by atoms with E-state index in [0.29, 0.717) is 35.8 Å². The fraction of sp³-hybridized carbons (Fsp3) is 0.391. The number of methoxy groups -OCH3 is 2. The van der Waals surface area contributed by atoms with Crippen LogP contribution < -0.4 is 14.8 Å². The Morgan fingerprint density at radius 1 is 1.16 bits per heavy atom. The fourth-order valence-corrected chi connectivity index (χ4v) is 3.45. The zero-order valence-electron chi connectivity index (χ0n) is 17.7. The highest BCUT2D eigenvalue weighted by atomic mass is 19.1. The zero-order chi connectivity index (χ0) is 22.2. The van der Waals surface area contributed by atoms with Crippen LogP contribution in [-0.2, 0) is 16.1 Å². The van der Waals surface area contributed by atoms with Gasteiger partial charge in [0.25, 0.3) is 5.91 Å². The van der Waals surface area contributed by atoms with Crippen LogP contribution >= 0.6 is 0 Å². The molecular weight excluding hydrogens is 403 g/mol. The van der Waals surface area contributed by atoms with Crippen molar-refractivity contribution in [1.29, 1.82) is 0 Å². The first kappa shape index (κ1) is 22.6. The highest BCUT2D eigenvalue weighted by molar-refractivity contribution is 5.97. The number of nitrogens with zero attached hydrogens (tertiary/aromatic N) is 1. The van der Waals surface area contributed by atoms with Gasteiger partial charge in [-0.1, -0.05) is 18.2 Å². The van der Waals surface area contributed by atoms with E-state index in [1.54, 1.807) is 36.4 Å². The number of amides is 2. The molecule has 0 bridgehead atoms. The number of rotatable bonds is 9. The van der Waals surface area contributed by atoms with E-state index in [2.05, 4.69) is 5.32 Å². The lowest BCUT2D eigenvalue weighted by atomic mass is 10.1. The normalized spacial score (nSPS) is 15.4. The maximum Gasteiger partial charge on any atom is 0.254 e. The summed E-state index contributed by atoms with van der Waals surface area (Å²) in [6.07, 6.45) is 1.85.